The van der Waals surface area contributed by atoms with E-state index in [-0.39, 0.29) is 64.0 Å². The molecule has 0 unspecified atom stereocenters. The normalized spacial score (nSPS) is 13.2. The second-order valence-corrected chi connectivity index (χ2v) is 19.3. The van der Waals surface area contributed by atoms with Gasteiger partial charge < -0.3 is 67.6 Å². The molecule has 0 saturated carbocycles. The molecule has 5 rings (SSSR count). The number of carbonyl (C=O) groups is 8. The Morgan fingerprint density at radius 1 is 0.782 bits per heavy atom. The van der Waals surface area contributed by atoms with E-state index in [4.69, 9.17) is 28.1 Å². The summed E-state index contributed by atoms with van der Waals surface area (Å²) in [6, 6.07) is 11.9. The number of hydrogen-bond donors (Lipinski definition) is 13. The standard InChI is InChI=1S/C50H56N9O17PS/c1-25(2)17-36(48(69)59-38(23-60)45(52)66)56-43(65)22-54-47(68)35(13-14-42(51)64)57-49(70)37(18-26-3-8-30(9-4-26)76-77(72,73)74)58-50(71)39(63)15-16-53-46(67)34-19-27(55-24-78)5-10-31(34)44-32-11-6-28(61)20-40(32)75-41-21-29(62)7-12-33(41)44/h3-12,19-21,25,35-39,60-61,63H,13-18,22-23H2,1-2H3,(H2,51,64)(H2,52,66)(H,53,67)(H,54,68)(H,56,65)(H,57,70)(H,58,71)(H,59,69)(H2,72,73,74)/t35-,36-,37-,38-,39+/m0/s1. The molecule has 414 valence electrons. The Balaban J connectivity index is 1.34. The van der Waals surface area contributed by atoms with Gasteiger partial charge in [0.2, 0.25) is 41.4 Å². The van der Waals surface area contributed by atoms with E-state index in [1.807, 2.05) is 0 Å². The first-order chi connectivity index (χ1) is 36.8. The number of nitrogens with zero attached hydrogens (tertiary/aromatic N) is 1. The Labute approximate surface area is 449 Å². The molecule has 0 spiro atoms. The number of phosphoric ester groups is 1. The Bertz CT molecular complexity index is 3200. The molecule has 0 fully saturated rings. The third-order valence-electron chi connectivity index (χ3n) is 11.5. The number of aliphatic hydroxyl groups is 2. The van der Waals surface area contributed by atoms with Crippen LogP contribution in [0.2, 0.25) is 0 Å². The van der Waals surface area contributed by atoms with Gasteiger partial charge in [-0.2, -0.15) is 4.99 Å². The number of aromatic hydroxyl groups is 1. The van der Waals surface area contributed by atoms with Crippen molar-refractivity contribution in [1.29, 1.82) is 0 Å². The highest BCUT2D eigenvalue weighted by molar-refractivity contribution is 7.78. The number of phenolic OH excluding ortho intramolecular Hbond substituents is 1. The van der Waals surface area contributed by atoms with Gasteiger partial charge in [-0.3, -0.25) is 52.9 Å². The minimum absolute atomic E-state index is 0.0229. The molecule has 78 heavy (non-hydrogen) atoms. The van der Waals surface area contributed by atoms with Gasteiger partial charge in [-0.1, -0.05) is 32.0 Å². The average Bonchev–Trinajstić information content (AvgIpc) is 3.40. The highest BCUT2D eigenvalue weighted by atomic mass is 32.1. The molecule has 3 aromatic rings. The van der Waals surface area contributed by atoms with Crippen LogP contribution in [0, 0.1) is 5.92 Å². The Hall–Kier alpha value is -8.42. The smallest absolute Gasteiger partial charge is 0.508 e. The van der Waals surface area contributed by atoms with Crippen molar-refractivity contribution in [3.05, 3.63) is 100 Å². The highest BCUT2D eigenvalue weighted by Gasteiger charge is 2.31. The number of aliphatic imine (C=N–C) groups is 1. The average molecular weight is 1120 g/mol. The number of hydrogen-bond acceptors (Lipinski definition) is 17. The van der Waals surface area contributed by atoms with Crippen LogP contribution in [0.3, 0.4) is 0 Å². The van der Waals surface area contributed by atoms with Crippen LogP contribution >= 0.6 is 20.0 Å². The predicted octanol–water partition coefficient (Wildman–Crippen LogP) is 0.0443. The second-order valence-electron chi connectivity index (χ2n) is 18.0. The fourth-order valence-electron chi connectivity index (χ4n) is 7.84. The molecule has 1 heterocycles. The number of phenols is 1. The summed E-state index contributed by atoms with van der Waals surface area (Å²) in [6.07, 6.45) is -3.61. The summed E-state index contributed by atoms with van der Waals surface area (Å²) in [5.74, 6) is -8.08. The topological polar surface area (TPSA) is 431 Å². The van der Waals surface area contributed by atoms with Crippen molar-refractivity contribution in [3.8, 4) is 33.9 Å². The lowest BCUT2D eigenvalue weighted by Gasteiger charge is -2.25. The summed E-state index contributed by atoms with van der Waals surface area (Å²) in [4.78, 5) is 140. The molecular weight excluding hydrogens is 1060 g/mol. The summed E-state index contributed by atoms with van der Waals surface area (Å²) < 4.78 is 22.0. The molecule has 1 aliphatic heterocycles. The molecule has 28 heteroatoms. The van der Waals surface area contributed by atoms with E-state index in [9.17, 15) is 72.8 Å². The van der Waals surface area contributed by atoms with Gasteiger partial charge in [-0.15, -0.1) is 0 Å². The van der Waals surface area contributed by atoms with Crippen molar-refractivity contribution >= 4 is 89.1 Å². The van der Waals surface area contributed by atoms with Crippen LogP contribution in [0.15, 0.2) is 93.1 Å². The fourth-order valence-corrected chi connectivity index (χ4v) is 8.34. The lowest BCUT2D eigenvalue weighted by atomic mass is 9.90. The molecule has 3 aromatic carbocycles. The highest BCUT2D eigenvalue weighted by Crippen LogP contribution is 2.43. The Morgan fingerprint density at radius 2 is 1.45 bits per heavy atom. The van der Waals surface area contributed by atoms with Crippen LogP contribution in [0.4, 0.5) is 5.69 Å². The Kier molecular flexibility index (Phi) is 21.4. The van der Waals surface area contributed by atoms with Crippen molar-refractivity contribution in [2.75, 3.05) is 19.7 Å². The lowest BCUT2D eigenvalue weighted by Crippen LogP contribution is -2.57. The van der Waals surface area contributed by atoms with Gasteiger partial charge in [-0.25, -0.2) is 4.57 Å². The molecule has 0 saturated heterocycles. The SMILES string of the molecule is CC(C)C[C@H](NC(=O)CNC(=O)[C@H](CCC(N)=O)NC(=O)[C@H](Cc1ccc(OP(=O)(O)O)cc1)NC(=O)[C@H](O)CCNC(=O)c1cc(N=C=S)ccc1-c1c2ccc(=O)cc-2oc2cc(O)ccc12)C(=O)N[C@@H](CO)C(N)=O. The van der Waals surface area contributed by atoms with Gasteiger partial charge in [0.1, 0.15) is 53.1 Å². The van der Waals surface area contributed by atoms with E-state index in [2.05, 4.69) is 46.6 Å². The van der Waals surface area contributed by atoms with Crippen molar-refractivity contribution in [2.45, 2.75) is 76.2 Å². The quantitative estimate of drug-likeness (QED) is 0.0143. The minimum Gasteiger partial charge on any atom is -0.508 e. The van der Waals surface area contributed by atoms with E-state index >= 15 is 0 Å². The molecular formula is C50H56N9O17PS. The summed E-state index contributed by atoms with van der Waals surface area (Å²) >= 11 is 4.79. The van der Waals surface area contributed by atoms with E-state index in [0.29, 0.717) is 22.1 Å². The molecule has 15 N–H and O–H groups in total. The zero-order chi connectivity index (χ0) is 57.4. The number of primary amides is 2. The van der Waals surface area contributed by atoms with E-state index in [1.54, 1.807) is 32.0 Å². The lowest BCUT2D eigenvalue weighted by molar-refractivity contribution is -0.135. The van der Waals surface area contributed by atoms with Gasteiger partial charge >= 0.3 is 7.82 Å². The zero-order valence-electron chi connectivity index (χ0n) is 41.7. The van der Waals surface area contributed by atoms with Gasteiger partial charge in [0, 0.05) is 53.6 Å². The van der Waals surface area contributed by atoms with Crippen molar-refractivity contribution in [3.63, 3.8) is 0 Å². The molecule has 26 nitrogen and oxygen atoms in total. The van der Waals surface area contributed by atoms with Crippen LogP contribution in [0.1, 0.15) is 55.5 Å². The summed E-state index contributed by atoms with van der Waals surface area (Å²) in [7, 11) is -4.97. The second kappa shape index (κ2) is 27.6. The number of carbonyl (C=O) groups excluding carboxylic acids is 8. The van der Waals surface area contributed by atoms with Crippen molar-refractivity contribution in [2.24, 2.45) is 22.4 Å². The van der Waals surface area contributed by atoms with Gasteiger partial charge in [0.25, 0.3) is 5.91 Å². The number of nitrogens with two attached hydrogens (primary N) is 2. The molecule has 8 amide bonds. The number of thiocarbonyl (C=S) groups is 1. The number of fused-ring (bicyclic) bond motifs is 2. The first kappa shape index (κ1) is 60.4. The van der Waals surface area contributed by atoms with Crippen LogP contribution in [0.25, 0.3) is 33.4 Å². The number of phosphoric acid groups is 1. The van der Waals surface area contributed by atoms with Crippen molar-refractivity contribution < 1.29 is 77.0 Å². The van der Waals surface area contributed by atoms with Crippen LogP contribution in [-0.4, -0.2) is 127 Å². The molecule has 1 aliphatic carbocycles. The minimum atomic E-state index is -4.97. The maximum atomic E-state index is 14.1. The molecule has 0 radical (unpaired) electrons. The maximum absolute atomic E-state index is 14.1. The first-order valence-electron chi connectivity index (χ1n) is 23.7. The number of amides is 8. The molecule has 2 aliphatic rings. The number of isothiocyanates is 1. The zero-order valence-corrected chi connectivity index (χ0v) is 43.4. The maximum Gasteiger partial charge on any atom is 0.524 e. The molecule has 0 bridgehead atoms. The van der Waals surface area contributed by atoms with Crippen LogP contribution in [-0.2, 0) is 44.5 Å². The first-order valence-corrected chi connectivity index (χ1v) is 25.7. The van der Waals surface area contributed by atoms with E-state index < -0.39 is 124 Å². The van der Waals surface area contributed by atoms with Gasteiger partial charge in [0.05, 0.1) is 24.0 Å². The molecule has 5 atom stereocenters. The molecule has 0 aromatic heterocycles. The fraction of sp³-hybridized carbons (Fsp3) is 0.320. The largest absolute Gasteiger partial charge is 0.524 e. The monoisotopic (exact) mass is 1120 g/mol. The number of aliphatic hydroxyl groups excluding tert-OH is 2. The van der Waals surface area contributed by atoms with E-state index in [0.717, 1.165) is 12.1 Å². The number of benzene rings is 4. The third-order valence-corrected chi connectivity index (χ3v) is 12.1. The van der Waals surface area contributed by atoms with Crippen LogP contribution < -0.4 is 53.3 Å². The summed E-state index contributed by atoms with van der Waals surface area (Å²) in [6.45, 7) is 1.51. The third kappa shape index (κ3) is 17.6. The van der Waals surface area contributed by atoms with Gasteiger partial charge in [0.15, 0.2) is 5.43 Å². The number of nitrogens with one attached hydrogen (secondary N) is 6. The van der Waals surface area contributed by atoms with E-state index in [1.165, 1.54) is 48.5 Å². The number of rotatable bonds is 27. The summed E-state index contributed by atoms with van der Waals surface area (Å²) in [5.41, 5.74) is 12.1. The van der Waals surface area contributed by atoms with Crippen LogP contribution in [0.5, 0.6) is 11.5 Å². The Morgan fingerprint density at radius 3 is 2.09 bits per heavy atom. The summed E-state index contributed by atoms with van der Waals surface area (Å²) in [5, 5.41) is 47.9. The van der Waals surface area contributed by atoms with Gasteiger partial charge in [-0.05, 0) is 97.1 Å². The van der Waals surface area contributed by atoms with Crippen molar-refractivity contribution in [1.82, 2.24) is 31.9 Å². The predicted molar refractivity (Wildman–Crippen MR) is 282 cm³/mol.